The second-order valence-corrected chi connectivity index (χ2v) is 2.98. The summed E-state index contributed by atoms with van der Waals surface area (Å²) in [4.78, 5) is 0. The normalized spacial score (nSPS) is 13.0. The van der Waals surface area contributed by atoms with Crippen LogP contribution in [0.2, 0.25) is 0 Å². The molecule has 0 unspecified atom stereocenters. The molecule has 0 aliphatic heterocycles. The molecule has 14 heavy (non-hydrogen) atoms. The zero-order valence-corrected chi connectivity index (χ0v) is 9.09. The molecule has 0 N–H and O–H groups in total. The van der Waals surface area contributed by atoms with E-state index in [1.54, 1.807) is 12.2 Å². The third-order valence-corrected chi connectivity index (χ3v) is 1.73. The van der Waals surface area contributed by atoms with Crippen LogP contribution in [0.25, 0.3) is 0 Å². The lowest BCUT2D eigenvalue weighted by atomic mass is 10.0. The van der Waals surface area contributed by atoms with Gasteiger partial charge in [0.1, 0.15) is 0 Å². The smallest absolute Gasteiger partial charge is 0.0191 e. The number of hydrogen-bond donors (Lipinski definition) is 0. The molecule has 0 rings (SSSR count). The lowest BCUT2D eigenvalue weighted by Gasteiger charge is -2.01. The summed E-state index contributed by atoms with van der Waals surface area (Å²) in [6.45, 7) is 15.3. The summed E-state index contributed by atoms with van der Waals surface area (Å²) in [5.74, 6) is 0. The fourth-order valence-corrected chi connectivity index (χ4v) is 1.02. The van der Waals surface area contributed by atoms with Gasteiger partial charge in [-0.2, -0.15) is 0 Å². The van der Waals surface area contributed by atoms with Crippen molar-refractivity contribution in [2.24, 2.45) is 0 Å². The van der Waals surface area contributed by atoms with Gasteiger partial charge in [-0.15, -0.1) is 0 Å². The average Bonchev–Trinajstić information content (AvgIpc) is 2.16. The van der Waals surface area contributed by atoms with E-state index in [0.29, 0.717) is 0 Å². The predicted molar refractivity (Wildman–Crippen MR) is 66.2 cm³/mol. The van der Waals surface area contributed by atoms with Crippen molar-refractivity contribution in [3.8, 4) is 0 Å². The predicted octanol–water partition coefficient (Wildman–Crippen LogP) is 4.36. The van der Waals surface area contributed by atoms with Gasteiger partial charge in [0.15, 0.2) is 0 Å². The Bertz CT molecular complexity index is 309. The lowest BCUT2D eigenvalue weighted by molar-refractivity contribution is 1.45. The highest BCUT2D eigenvalue weighted by Gasteiger charge is 1.93. The summed E-state index contributed by atoms with van der Waals surface area (Å²) in [6.07, 6.45) is 11.6. The largest absolute Gasteiger partial charge is 0.0991 e. The summed E-state index contributed by atoms with van der Waals surface area (Å²) in [6, 6.07) is 0. The van der Waals surface area contributed by atoms with Gasteiger partial charge in [-0.1, -0.05) is 61.8 Å². The zero-order chi connectivity index (χ0) is 11.0. The molecule has 0 spiro atoms. The second-order valence-electron chi connectivity index (χ2n) is 2.98. The van der Waals surface area contributed by atoms with Crippen molar-refractivity contribution < 1.29 is 0 Å². The first kappa shape index (κ1) is 12.4. The van der Waals surface area contributed by atoms with Crippen LogP contribution in [0.5, 0.6) is 0 Å². The first-order chi connectivity index (χ1) is 6.65. The summed E-state index contributed by atoms with van der Waals surface area (Å²) < 4.78 is 0. The van der Waals surface area contributed by atoms with Crippen LogP contribution in [0, 0.1) is 0 Å². The highest BCUT2D eigenvalue weighted by atomic mass is 14.0. The maximum Gasteiger partial charge on any atom is -0.0191 e. The molecule has 74 valence electrons. The molecular formula is C14H18. The molecule has 0 aromatic rings. The van der Waals surface area contributed by atoms with Gasteiger partial charge < -0.3 is 0 Å². The molecule has 0 saturated heterocycles. The molecule has 0 saturated carbocycles. The van der Waals surface area contributed by atoms with Crippen molar-refractivity contribution >= 4 is 0 Å². The van der Waals surface area contributed by atoms with Crippen molar-refractivity contribution in [3.05, 3.63) is 72.9 Å². The lowest BCUT2D eigenvalue weighted by Crippen LogP contribution is -1.81. The van der Waals surface area contributed by atoms with Crippen molar-refractivity contribution in [2.45, 2.75) is 13.8 Å². The minimum absolute atomic E-state index is 0.930. The van der Waals surface area contributed by atoms with E-state index in [1.165, 1.54) is 0 Å². The molecule has 0 nitrogen and oxygen atoms in total. The van der Waals surface area contributed by atoms with Crippen molar-refractivity contribution in [3.63, 3.8) is 0 Å². The zero-order valence-electron chi connectivity index (χ0n) is 9.09. The molecule has 0 heteroatoms. The van der Waals surface area contributed by atoms with Gasteiger partial charge in [0.25, 0.3) is 0 Å². The van der Waals surface area contributed by atoms with Gasteiger partial charge in [0.05, 0.1) is 0 Å². The average molecular weight is 186 g/mol. The Morgan fingerprint density at radius 2 is 1.86 bits per heavy atom. The Morgan fingerprint density at radius 3 is 2.29 bits per heavy atom. The van der Waals surface area contributed by atoms with Crippen LogP contribution in [-0.4, -0.2) is 0 Å². The van der Waals surface area contributed by atoms with Crippen LogP contribution in [0.4, 0.5) is 0 Å². The summed E-state index contributed by atoms with van der Waals surface area (Å²) in [7, 11) is 0. The van der Waals surface area contributed by atoms with E-state index in [-0.39, 0.29) is 0 Å². The monoisotopic (exact) mass is 186 g/mol. The standard InChI is InChI=1S/C14H18/c1-6-9-12(4)11-14(10-7-2)13(5)8-3/h6-11H,1,3,5H2,2,4H3/b10-7-,12-9-,14-11-. The van der Waals surface area contributed by atoms with E-state index >= 15 is 0 Å². The highest BCUT2D eigenvalue weighted by molar-refractivity contribution is 5.47. The molecule has 0 aromatic heterocycles. The molecule has 0 aliphatic carbocycles. The minimum atomic E-state index is 0.930. The van der Waals surface area contributed by atoms with E-state index in [1.807, 2.05) is 32.1 Å². The number of hydrogen-bond acceptors (Lipinski definition) is 0. The van der Waals surface area contributed by atoms with Gasteiger partial charge in [0.2, 0.25) is 0 Å². The van der Waals surface area contributed by atoms with E-state index < -0.39 is 0 Å². The Labute approximate surface area is 87.3 Å². The molecule has 0 aliphatic rings. The third-order valence-electron chi connectivity index (χ3n) is 1.73. The Hall–Kier alpha value is -1.56. The molecule has 0 aromatic carbocycles. The molecular weight excluding hydrogens is 168 g/mol. The topological polar surface area (TPSA) is 0 Å². The molecule has 0 amide bonds. The minimum Gasteiger partial charge on any atom is -0.0991 e. The molecule has 0 radical (unpaired) electrons. The number of allylic oxidation sites excluding steroid dienone is 9. The van der Waals surface area contributed by atoms with Gasteiger partial charge in [-0.25, -0.2) is 0 Å². The quantitative estimate of drug-likeness (QED) is 0.559. The Morgan fingerprint density at radius 1 is 1.21 bits per heavy atom. The fraction of sp³-hybridized carbons (Fsp3) is 0.143. The van der Waals surface area contributed by atoms with E-state index in [0.717, 1.165) is 16.7 Å². The fourth-order valence-electron chi connectivity index (χ4n) is 1.02. The van der Waals surface area contributed by atoms with Crippen molar-refractivity contribution in [1.82, 2.24) is 0 Å². The summed E-state index contributed by atoms with van der Waals surface area (Å²) in [5, 5.41) is 0. The summed E-state index contributed by atoms with van der Waals surface area (Å²) in [5.41, 5.74) is 3.16. The van der Waals surface area contributed by atoms with Crippen LogP contribution in [0.1, 0.15) is 13.8 Å². The van der Waals surface area contributed by atoms with Crippen LogP contribution < -0.4 is 0 Å². The van der Waals surface area contributed by atoms with Crippen LogP contribution in [0.3, 0.4) is 0 Å². The van der Waals surface area contributed by atoms with E-state index in [9.17, 15) is 0 Å². The van der Waals surface area contributed by atoms with Crippen LogP contribution in [-0.2, 0) is 0 Å². The number of rotatable bonds is 5. The van der Waals surface area contributed by atoms with Gasteiger partial charge in [-0.05, 0) is 25.0 Å². The molecule has 0 atom stereocenters. The van der Waals surface area contributed by atoms with Crippen molar-refractivity contribution in [1.29, 1.82) is 0 Å². The Kier molecular flexibility index (Phi) is 6.13. The van der Waals surface area contributed by atoms with Crippen LogP contribution >= 0.6 is 0 Å². The molecule has 0 bridgehead atoms. The molecule has 0 fully saturated rings. The summed E-state index contributed by atoms with van der Waals surface area (Å²) >= 11 is 0. The third kappa shape index (κ3) is 4.46. The van der Waals surface area contributed by atoms with Gasteiger partial charge in [-0.3, -0.25) is 0 Å². The molecule has 0 heterocycles. The SMILES string of the molecule is C=C\C=C(C)/C=C(/C=C\C)C(=C)C=C. The van der Waals surface area contributed by atoms with E-state index in [2.05, 4.69) is 25.8 Å². The van der Waals surface area contributed by atoms with E-state index in [4.69, 9.17) is 0 Å². The maximum atomic E-state index is 3.91. The van der Waals surface area contributed by atoms with Crippen LogP contribution in [0.15, 0.2) is 72.9 Å². The van der Waals surface area contributed by atoms with Gasteiger partial charge in [0, 0.05) is 0 Å². The first-order valence-corrected chi connectivity index (χ1v) is 4.61. The van der Waals surface area contributed by atoms with Gasteiger partial charge >= 0.3 is 0 Å². The first-order valence-electron chi connectivity index (χ1n) is 4.61. The Balaban J connectivity index is 4.99. The van der Waals surface area contributed by atoms with Crippen molar-refractivity contribution in [2.75, 3.05) is 0 Å². The highest BCUT2D eigenvalue weighted by Crippen LogP contribution is 2.13. The maximum absolute atomic E-state index is 3.91. The second kappa shape index (κ2) is 6.90.